The number of hydrogen-bond donors (Lipinski definition) is 1. The number of carbonyl (C=O) groups excluding carboxylic acids is 2. The van der Waals surface area contributed by atoms with Crippen molar-refractivity contribution in [2.45, 2.75) is 13.0 Å². The highest BCUT2D eigenvalue weighted by Crippen LogP contribution is 2.25. The maximum Gasteiger partial charge on any atom is 0.268 e. The van der Waals surface area contributed by atoms with Gasteiger partial charge in [0.1, 0.15) is 5.69 Å². The lowest BCUT2D eigenvalue weighted by molar-refractivity contribution is -0.134. The Balaban J connectivity index is 1.45. The van der Waals surface area contributed by atoms with Crippen molar-refractivity contribution < 1.29 is 14.3 Å². The third-order valence-corrected chi connectivity index (χ3v) is 5.84. The van der Waals surface area contributed by atoms with Crippen LogP contribution in [-0.4, -0.2) is 54.1 Å². The average Bonchev–Trinajstić information content (AvgIpc) is 3.33. The van der Waals surface area contributed by atoms with E-state index in [2.05, 4.69) is 17.4 Å². The molecule has 2 aromatic heterocycles. The van der Waals surface area contributed by atoms with Gasteiger partial charge in [0, 0.05) is 19.6 Å². The van der Waals surface area contributed by atoms with Gasteiger partial charge in [0.2, 0.25) is 5.91 Å². The summed E-state index contributed by atoms with van der Waals surface area (Å²) in [6, 6.07) is 14.2. The van der Waals surface area contributed by atoms with Gasteiger partial charge in [0.25, 0.3) is 5.91 Å². The molecule has 28 heavy (non-hydrogen) atoms. The molecule has 4 rings (SSSR count). The molecule has 3 aromatic rings. The number of ether oxygens (including phenoxy) is 1. The van der Waals surface area contributed by atoms with E-state index in [1.165, 1.54) is 5.56 Å². The Bertz CT molecular complexity index is 958. The zero-order chi connectivity index (χ0) is 19.3. The Kier molecular flexibility index (Phi) is 5.73. The minimum absolute atomic E-state index is 0.0103. The Labute approximate surface area is 167 Å². The second kappa shape index (κ2) is 8.58. The van der Waals surface area contributed by atoms with Crippen molar-refractivity contribution in [3.05, 3.63) is 59.1 Å². The van der Waals surface area contributed by atoms with Crippen LogP contribution in [0.3, 0.4) is 0 Å². The highest BCUT2D eigenvalue weighted by atomic mass is 32.1. The highest BCUT2D eigenvalue weighted by Gasteiger charge is 2.20. The molecule has 0 spiro atoms. The van der Waals surface area contributed by atoms with E-state index >= 15 is 0 Å². The molecule has 0 saturated carbocycles. The molecular weight excluding hydrogens is 374 g/mol. The number of morpholine rings is 1. The summed E-state index contributed by atoms with van der Waals surface area (Å²) in [5.74, 6) is -0.279. The quantitative estimate of drug-likeness (QED) is 0.695. The van der Waals surface area contributed by atoms with E-state index in [0.717, 1.165) is 16.6 Å². The monoisotopic (exact) mass is 397 g/mol. The van der Waals surface area contributed by atoms with Crippen LogP contribution in [0.1, 0.15) is 16.1 Å². The summed E-state index contributed by atoms with van der Waals surface area (Å²) in [5.41, 5.74) is 2.89. The Morgan fingerprint density at radius 1 is 1.11 bits per heavy atom. The van der Waals surface area contributed by atoms with Crippen LogP contribution >= 0.6 is 11.3 Å². The first-order valence-electron chi connectivity index (χ1n) is 9.47. The lowest BCUT2D eigenvalue weighted by Crippen LogP contribution is -2.45. The van der Waals surface area contributed by atoms with Gasteiger partial charge in [-0.15, -0.1) is 11.3 Å². The molecule has 1 saturated heterocycles. The number of fused-ring (bicyclic) bond motifs is 1. The van der Waals surface area contributed by atoms with Gasteiger partial charge in [-0.25, -0.2) is 0 Å². The SMILES string of the molecule is O=C(NCC(=O)N1CCOCC1)c1cc2sccc2n1CCc1ccccc1. The van der Waals surface area contributed by atoms with E-state index < -0.39 is 0 Å². The number of benzene rings is 1. The van der Waals surface area contributed by atoms with E-state index in [1.54, 1.807) is 16.2 Å². The molecule has 7 heteroatoms. The predicted octanol–water partition coefficient (Wildman–Crippen LogP) is 2.53. The molecule has 1 N–H and O–H groups in total. The second-order valence-corrected chi connectivity index (χ2v) is 7.71. The first-order valence-corrected chi connectivity index (χ1v) is 10.3. The Morgan fingerprint density at radius 2 is 1.89 bits per heavy atom. The molecule has 1 aliphatic heterocycles. The topological polar surface area (TPSA) is 63.6 Å². The third-order valence-electron chi connectivity index (χ3n) is 4.99. The summed E-state index contributed by atoms with van der Waals surface area (Å²) < 4.78 is 8.40. The summed E-state index contributed by atoms with van der Waals surface area (Å²) in [6.07, 6.45) is 0.841. The van der Waals surface area contributed by atoms with Gasteiger partial charge in [-0.3, -0.25) is 9.59 Å². The number of nitrogens with one attached hydrogen (secondary N) is 1. The maximum atomic E-state index is 12.8. The van der Waals surface area contributed by atoms with Crippen molar-refractivity contribution >= 4 is 33.4 Å². The van der Waals surface area contributed by atoms with Crippen molar-refractivity contribution in [2.75, 3.05) is 32.8 Å². The van der Waals surface area contributed by atoms with Gasteiger partial charge in [-0.2, -0.15) is 0 Å². The fraction of sp³-hybridized carbons (Fsp3) is 0.333. The molecule has 0 radical (unpaired) electrons. The van der Waals surface area contributed by atoms with Crippen LogP contribution in [0.5, 0.6) is 0 Å². The van der Waals surface area contributed by atoms with Gasteiger partial charge < -0.3 is 19.5 Å². The first kappa shape index (κ1) is 18.7. The number of hydrogen-bond acceptors (Lipinski definition) is 4. The Hall–Kier alpha value is -2.64. The first-order chi connectivity index (χ1) is 13.7. The molecule has 0 unspecified atom stereocenters. The molecule has 1 aliphatic rings. The molecule has 146 valence electrons. The average molecular weight is 398 g/mol. The van der Waals surface area contributed by atoms with Gasteiger partial charge in [-0.05, 0) is 29.5 Å². The number of amides is 2. The van der Waals surface area contributed by atoms with Crippen molar-refractivity contribution in [1.29, 1.82) is 0 Å². The van der Waals surface area contributed by atoms with Crippen molar-refractivity contribution in [3.63, 3.8) is 0 Å². The Morgan fingerprint density at radius 3 is 2.68 bits per heavy atom. The number of rotatable bonds is 6. The molecule has 1 fully saturated rings. The zero-order valence-corrected chi connectivity index (χ0v) is 16.4. The largest absolute Gasteiger partial charge is 0.378 e. The predicted molar refractivity (Wildman–Crippen MR) is 110 cm³/mol. The second-order valence-electron chi connectivity index (χ2n) is 6.76. The standard InChI is InChI=1S/C21H23N3O3S/c25-20(23-9-11-27-12-10-23)15-22-21(26)18-14-19-17(7-13-28-19)24(18)8-6-16-4-2-1-3-5-16/h1-5,7,13-14H,6,8-12,15H2,(H,22,26). The summed E-state index contributed by atoms with van der Waals surface area (Å²) in [7, 11) is 0. The number of carbonyl (C=O) groups is 2. The summed E-state index contributed by atoms with van der Waals surface area (Å²) in [6.45, 7) is 2.99. The van der Waals surface area contributed by atoms with E-state index in [9.17, 15) is 9.59 Å². The van der Waals surface area contributed by atoms with Crippen molar-refractivity contribution in [2.24, 2.45) is 0 Å². The number of aryl methyl sites for hydroxylation is 2. The maximum absolute atomic E-state index is 12.8. The third kappa shape index (κ3) is 4.10. The summed E-state index contributed by atoms with van der Waals surface area (Å²) in [4.78, 5) is 26.8. The molecular formula is C21H23N3O3S. The van der Waals surface area contributed by atoms with Crippen LogP contribution in [0.15, 0.2) is 47.8 Å². The summed E-state index contributed by atoms with van der Waals surface area (Å²) in [5, 5.41) is 4.83. The van der Waals surface area contributed by atoms with Gasteiger partial charge in [0.05, 0.1) is 30.0 Å². The zero-order valence-electron chi connectivity index (χ0n) is 15.6. The molecule has 6 nitrogen and oxygen atoms in total. The van der Waals surface area contributed by atoms with Gasteiger partial charge in [-0.1, -0.05) is 30.3 Å². The molecule has 2 amide bonds. The van der Waals surface area contributed by atoms with Crippen LogP contribution in [0.4, 0.5) is 0 Å². The molecule has 0 atom stereocenters. The molecule has 1 aromatic carbocycles. The number of nitrogens with zero attached hydrogens (tertiary/aromatic N) is 2. The van der Waals surface area contributed by atoms with Crippen LogP contribution in [0.2, 0.25) is 0 Å². The van der Waals surface area contributed by atoms with E-state index in [0.29, 0.717) is 38.5 Å². The smallest absolute Gasteiger partial charge is 0.268 e. The van der Waals surface area contributed by atoms with E-state index in [4.69, 9.17) is 4.74 Å². The van der Waals surface area contributed by atoms with Crippen LogP contribution in [0, 0.1) is 0 Å². The van der Waals surface area contributed by atoms with Gasteiger partial charge in [0.15, 0.2) is 0 Å². The van der Waals surface area contributed by atoms with E-state index in [1.807, 2.05) is 40.3 Å². The van der Waals surface area contributed by atoms with Crippen LogP contribution < -0.4 is 5.32 Å². The van der Waals surface area contributed by atoms with Crippen molar-refractivity contribution in [1.82, 2.24) is 14.8 Å². The lowest BCUT2D eigenvalue weighted by Gasteiger charge is -2.26. The van der Waals surface area contributed by atoms with Crippen LogP contribution in [0.25, 0.3) is 10.2 Å². The minimum atomic E-state index is -0.210. The minimum Gasteiger partial charge on any atom is -0.378 e. The van der Waals surface area contributed by atoms with Gasteiger partial charge >= 0.3 is 0 Å². The highest BCUT2D eigenvalue weighted by molar-refractivity contribution is 7.17. The fourth-order valence-corrected chi connectivity index (χ4v) is 4.28. The normalized spacial score (nSPS) is 14.4. The lowest BCUT2D eigenvalue weighted by atomic mass is 10.1. The van der Waals surface area contributed by atoms with Crippen molar-refractivity contribution in [3.8, 4) is 0 Å². The molecule has 0 aliphatic carbocycles. The fourth-order valence-electron chi connectivity index (χ4n) is 3.46. The number of aromatic nitrogens is 1. The molecule has 3 heterocycles. The molecule has 0 bridgehead atoms. The number of thiophene rings is 1. The summed E-state index contributed by atoms with van der Waals surface area (Å²) >= 11 is 1.62. The van der Waals surface area contributed by atoms with E-state index in [-0.39, 0.29) is 18.4 Å². The van der Waals surface area contributed by atoms with Crippen LogP contribution in [-0.2, 0) is 22.5 Å².